The predicted octanol–water partition coefficient (Wildman–Crippen LogP) is 1.93. The highest BCUT2D eigenvalue weighted by Gasteiger charge is 2.27. The predicted molar refractivity (Wildman–Crippen MR) is 82.2 cm³/mol. The highest BCUT2D eigenvalue weighted by molar-refractivity contribution is 5.79. The number of ether oxygens (including phenoxy) is 1. The Hall–Kier alpha value is -1.55. The van der Waals surface area contributed by atoms with Crippen molar-refractivity contribution in [3.8, 4) is 5.75 Å². The van der Waals surface area contributed by atoms with Crippen molar-refractivity contribution < 1.29 is 9.53 Å². The van der Waals surface area contributed by atoms with Crippen LogP contribution in [0.15, 0.2) is 12.1 Å². The maximum Gasteiger partial charge on any atom is 0.223 e. The van der Waals surface area contributed by atoms with Crippen LogP contribution in [0.1, 0.15) is 42.4 Å². The fourth-order valence-corrected chi connectivity index (χ4v) is 3.56. The van der Waals surface area contributed by atoms with E-state index in [9.17, 15) is 4.79 Å². The first-order valence-electron chi connectivity index (χ1n) is 7.89. The van der Waals surface area contributed by atoms with Gasteiger partial charge in [-0.05, 0) is 55.7 Å². The van der Waals surface area contributed by atoms with Gasteiger partial charge in [-0.1, -0.05) is 6.07 Å². The minimum atomic E-state index is 0.0837. The second-order valence-corrected chi connectivity index (χ2v) is 6.27. The molecule has 0 heterocycles. The van der Waals surface area contributed by atoms with E-state index in [0.717, 1.165) is 43.4 Å². The second kappa shape index (κ2) is 6.06. The molecule has 1 fully saturated rings. The molecule has 3 rings (SSSR count). The third kappa shape index (κ3) is 3.05. The summed E-state index contributed by atoms with van der Waals surface area (Å²) >= 11 is 0. The molecule has 2 atom stereocenters. The van der Waals surface area contributed by atoms with E-state index in [1.54, 1.807) is 7.11 Å². The molecule has 0 aliphatic heterocycles. The fourth-order valence-electron chi connectivity index (χ4n) is 3.56. The minimum Gasteiger partial charge on any atom is -0.496 e. The topological polar surface area (TPSA) is 64.3 Å². The van der Waals surface area contributed by atoms with Crippen LogP contribution in [0.3, 0.4) is 0 Å². The zero-order valence-corrected chi connectivity index (χ0v) is 12.7. The van der Waals surface area contributed by atoms with Crippen molar-refractivity contribution >= 4 is 5.91 Å². The highest BCUT2D eigenvalue weighted by Crippen LogP contribution is 2.30. The van der Waals surface area contributed by atoms with Gasteiger partial charge in [0, 0.05) is 24.1 Å². The van der Waals surface area contributed by atoms with Crippen molar-refractivity contribution in [3.63, 3.8) is 0 Å². The molecule has 0 saturated heterocycles. The van der Waals surface area contributed by atoms with Crippen LogP contribution < -0.4 is 15.8 Å². The largest absolute Gasteiger partial charge is 0.496 e. The fraction of sp³-hybridized carbons (Fsp3) is 0.588. The number of aryl methyl sites for hydroxylation is 2. The van der Waals surface area contributed by atoms with E-state index in [4.69, 9.17) is 10.5 Å². The SMILES string of the molecule is COc1cc2c(cc1CNC(=O)[C@@H]1CC[C@H](N)C1)CCC2. The van der Waals surface area contributed by atoms with Gasteiger partial charge in [-0.15, -0.1) is 0 Å². The second-order valence-electron chi connectivity index (χ2n) is 6.27. The molecule has 3 N–H and O–H groups in total. The molecular weight excluding hydrogens is 264 g/mol. The smallest absolute Gasteiger partial charge is 0.223 e. The molecule has 1 saturated carbocycles. The number of carbonyl (C=O) groups is 1. The number of hydrogen-bond donors (Lipinski definition) is 2. The van der Waals surface area contributed by atoms with Crippen LogP contribution in [-0.4, -0.2) is 19.1 Å². The molecule has 114 valence electrons. The molecule has 4 heteroatoms. The summed E-state index contributed by atoms with van der Waals surface area (Å²) in [4.78, 5) is 12.2. The van der Waals surface area contributed by atoms with Gasteiger partial charge in [-0.2, -0.15) is 0 Å². The summed E-state index contributed by atoms with van der Waals surface area (Å²) in [7, 11) is 1.69. The van der Waals surface area contributed by atoms with Crippen LogP contribution in [0.25, 0.3) is 0 Å². The van der Waals surface area contributed by atoms with Crippen molar-refractivity contribution in [1.29, 1.82) is 0 Å². The number of carbonyl (C=O) groups excluding carboxylic acids is 1. The molecule has 0 unspecified atom stereocenters. The quantitative estimate of drug-likeness (QED) is 0.890. The summed E-state index contributed by atoms with van der Waals surface area (Å²) in [6.07, 6.45) is 6.17. The monoisotopic (exact) mass is 288 g/mol. The standard InChI is InChI=1S/C17H24N2O2/c1-21-16-9-12-4-2-3-11(12)7-14(16)10-19-17(20)13-5-6-15(18)8-13/h7,9,13,15H,2-6,8,10,18H2,1H3,(H,19,20)/t13-,15+/m1/s1. The number of nitrogens with one attached hydrogen (secondary N) is 1. The average molecular weight is 288 g/mol. The van der Waals surface area contributed by atoms with E-state index in [2.05, 4.69) is 17.4 Å². The van der Waals surface area contributed by atoms with Gasteiger partial charge in [0.2, 0.25) is 5.91 Å². The third-order valence-corrected chi connectivity index (χ3v) is 4.79. The number of rotatable bonds is 4. The summed E-state index contributed by atoms with van der Waals surface area (Å²) in [5, 5.41) is 3.05. The van der Waals surface area contributed by atoms with E-state index >= 15 is 0 Å². The van der Waals surface area contributed by atoms with Crippen molar-refractivity contribution in [2.45, 2.75) is 51.1 Å². The van der Waals surface area contributed by atoms with Crippen molar-refractivity contribution in [1.82, 2.24) is 5.32 Å². The molecule has 2 aliphatic carbocycles. The number of amides is 1. The van der Waals surface area contributed by atoms with Crippen LogP contribution in [0.2, 0.25) is 0 Å². The molecule has 0 radical (unpaired) electrons. The van der Waals surface area contributed by atoms with Crippen LogP contribution in [0, 0.1) is 5.92 Å². The molecular formula is C17H24N2O2. The van der Waals surface area contributed by atoms with E-state index in [1.165, 1.54) is 17.5 Å². The number of fused-ring (bicyclic) bond motifs is 1. The highest BCUT2D eigenvalue weighted by atomic mass is 16.5. The Morgan fingerprint density at radius 2 is 2.10 bits per heavy atom. The lowest BCUT2D eigenvalue weighted by molar-refractivity contribution is -0.125. The molecule has 0 bridgehead atoms. The maximum atomic E-state index is 12.2. The summed E-state index contributed by atoms with van der Waals surface area (Å²) in [5.74, 6) is 1.10. The first kappa shape index (κ1) is 14.4. The number of nitrogens with two attached hydrogens (primary N) is 1. The third-order valence-electron chi connectivity index (χ3n) is 4.79. The summed E-state index contributed by atoms with van der Waals surface area (Å²) in [5.41, 5.74) is 9.75. The number of benzene rings is 1. The van der Waals surface area contributed by atoms with Crippen LogP contribution >= 0.6 is 0 Å². The molecule has 4 nitrogen and oxygen atoms in total. The Labute approximate surface area is 126 Å². The summed E-state index contributed by atoms with van der Waals surface area (Å²) in [6, 6.07) is 4.52. The van der Waals surface area contributed by atoms with Crippen molar-refractivity contribution in [2.24, 2.45) is 11.7 Å². The number of methoxy groups -OCH3 is 1. The Morgan fingerprint density at radius 3 is 2.76 bits per heavy atom. The first-order chi connectivity index (χ1) is 10.2. The van der Waals surface area contributed by atoms with Crippen LogP contribution in [0.5, 0.6) is 5.75 Å². The lowest BCUT2D eigenvalue weighted by Gasteiger charge is -2.14. The Bertz CT molecular complexity index is 542. The summed E-state index contributed by atoms with van der Waals surface area (Å²) in [6.45, 7) is 0.543. The molecule has 0 aromatic heterocycles. The summed E-state index contributed by atoms with van der Waals surface area (Å²) < 4.78 is 5.47. The maximum absolute atomic E-state index is 12.2. The molecule has 21 heavy (non-hydrogen) atoms. The van der Waals surface area contributed by atoms with Gasteiger partial charge in [0.15, 0.2) is 0 Å². The first-order valence-corrected chi connectivity index (χ1v) is 7.89. The molecule has 1 aromatic rings. The van der Waals surface area contributed by atoms with Gasteiger partial charge >= 0.3 is 0 Å². The Balaban J connectivity index is 1.66. The van der Waals surface area contributed by atoms with E-state index in [0.29, 0.717) is 6.54 Å². The van der Waals surface area contributed by atoms with Crippen molar-refractivity contribution in [3.05, 3.63) is 28.8 Å². The molecule has 1 aromatic carbocycles. The van der Waals surface area contributed by atoms with Gasteiger partial charge in [-0.3, -0.25) is 4.79 Å². The molecule has 0 spiro atoms. The van der Waals surface area contributed by atoms with Gasteiger partial charge < -0.3 is 15.8 Å². The minimum absolute atomic E-state index is 0.0837. The Morgan fingerprint density at radius 1 is 1.33 bits per heavy atom. The van der Waals surface area contributed by atoms with Gasteiger partial charge in [0.1, 0.15) is 5.75 Å². The molecule has 2 aliphatic rings. The normalized spacial score (nSPS) is 23.9. The van der Waals surface area contributed by atoms with Crippen molar-refractivity contribution in [2.75, 3.05) is 7.11 Å². The van der Waals surface area contributed by atoms with Crippen LogP contribution in [0.4, 0.5) is 0 Å². The average Bonchev–Trinajstić information content (AvgIpc) is 3.11. The lowest BCUT2D eigenvalue weighted by atomic mass is 10.0. The van der Waals surface area contributed by atoms with E-state index in [-0.39, 0.29) is 17.9 Å². The number of hydrogen-bond acceptors (Lipinski definition) is 3. The van der Waals surface area contributed by atoms with E-state index in [1.807, 2.05) is 0 Å². The zero-order chi connectivity index (χ0) is 14.8. The van der Waals surface area contributed by atoms with E-state index < -0.39 is 0 Å². The van der Waals surface area contributed by atoms with Gasteiger partial charge in [0.05, 0.1) is 7.11 Å². The lowest BCUT2D eigenvalue weighted by Crippen LogP contribution is -2.30. The Kier molecular flexibility index (Phi) is 4.15. The van der Waals surface area contributed by atoms with Gasteiger partial charge in [-0.25, -0.2) is 0 Å². The van der Waals surface area contributed by atoms with Crippen LogP contribution in [-0.2, 0) is 24.2 Å². The van der Waals surface area contributed by atoms with Gasteiger partial charge in [0.25, 0.3) is 0 Å². The zero-order valence-electron chi connectivity index (χ0n) is 12.7. The molecule has 1 amide bonds.